The fourth-order valence-electron chi connectivity index (χ4n) is 9.42. The van der Waals surface area contributed by atoms with Crippen molar-refractivity contribution in [1.29, 1.82) is 0 Å². The fraction of sp³-hybridized carbons (Fsp3) is 0.125. The van der Waals surface area contributed by atoms with Gasteiger partial charge in [0.2, 0.25) is 0 Å². The Morgan fingerprint density at radius 3 is 1.37 bits per heavy atom. The summed E-state index contributed by atoms with van der Waals surface area (Å²) in [4.78, 5) is 2.39. The summed E-state index contributed by atoms with van der Waals surface area (Å²) in [6.45, 7) is 9.28. The van der Waals surface area contributed by atoms with Crippen LogP contribution in [-0.4, -0.2) is 0 Å². The number of para-hydroxylation sites is 4. The maximum Gasteiger partial charge on any atom is 0.135 e. The van der Waals surface area contributed by atoms with E-state index in [-0.39, 0.29) is 18.3 Å². The van der Waals surface area contributed by atoms with Crippen LogP contribution in [-0.2, 0) is 17.3 Å². The van der Waals surface area contributed by atoms with E-state index in [1.54, 1.807) is 0 Å². The second kappa shape index (κ2) is 15.3. The Bertz CT molecular complexity index is 3090. The van der Waals surface area contributed by atoms with Gasteiger partial charge in [-0.15, -0.1) is 0 Å². The van der Waals surface area contributed by atoms with Crippen molar-refractivity contribution < 1.29 is 8.83 Å². The van der Waals surface area contributed by atoms with E-state index in [1.807, 2.05) is 42.5 Å². The van der Waals surface area contributed by atoms with Crippen molar-refractivity contribution in [3.63, 3.8) is 0 Å². The summed E-state index contributed by atoms with van der Waals surface area (Å²) in [5, 5.41) is 4.64. The molecule has 296 valence electrons. The van der Waals surface area contributed by atoms with Crippen LogP contribution in [0.2, 0.25) is 0 Å². The summed E-state index contributed by atoms with van der Waals surface area (Å²) in [7, 11) is 0. The highest BCUT2D eigenvalue weighted by Crippen LogP contribution is 2.52. The summed E-state index contributed by atoms with van der Waals surface area (Å²) < 4.78 is 12.8. The molecule has 8 aromatic carbocycles. The van der Waals surface area contributed by atoms with Crippen molar-refractivity contribution in [1.82, 2.24) is 0 Å². The standard InChI is InChI=1S/C27H21NO.C16H16.C12H7BrO.CH3/c1-27(2)21-10-4-6-12-23(21)28(24-13-7-5-11-22(24)27)18-15-16-26-20(17-18)19-9-3-8-14-25(19)29-26;1-16(2)14-9-5-3-7-12(14)11-13-8-4-6-10-15(13)16;13-8-5-6-12-10(7-8)9-3-1-2-4-11(9)14-12;/h3-17H,1-2H3;3-10H,11H2,1-2H3;1-7H;1H3/q;;;-1. The van der Waals surface area contributed by atoms with Gasteiger partial charge in [-0.25, -0.2) is 0 Å². The van der Waals surface area contributed by atoms with Gasteiger partial charge in [-0.05, 0) is 100 Å². The molecule has 2 aliphatic rings. The summed E-state index contributed by atoms with van der Waals surface area (Å²) >= 11 is 3.46. The molecule has 0 N–H and O–H groups in total. The predicted octanol–water partition coefficient (Wildman–Crippen LogP) is 16.4. The lowest BCUT2D eigenvalue weighted by Gasteiger charge is -2.42. The Labute approximate surface area is 361 Å². The minimum atomic E-state index is -0.0455. The lowest BCUT2D eigenvalue weighted by Crippen LogP contribution is -2.30. The number of nitrogens with zero attached hydrogens (tertiary/aromatic N) is 1. The third-order valence-corrected chi connectivity index (χ3v) is 12.8. The van der Waals surface area contributed by atoms with E-state index in [4.69, 9.17) is 8.83 Å². The number of rotatable bonds is 1. The third-order valence-electron chi connectivity index (χ3n) is 12.4. The summed E-state index contributed by atoms with van der Waals surface area (Å²) in [6.07, 6.45) is 1.08. The lowest BCUT2D eigenvalue weighted by atomic mass is 9.69. The van der Waals surface area contributed by atoms with Gasteiger partial charge in [-0.3, -0.25) is 0 Å². The first-order valence-corrected chi connectivity index (χ1v) is 21.1. The van der Waals surface area contributed by atoms with E-state index in [0.29, 0.717) is 0 Å². The summed E-state index contributed by atoms with van der Waals surface area (Å²) in [5.74, 6) is 0. The van der Waals surface area contributed by atoms with Gasteiger partial charge in [0, 0.05) is 42.5 Å². The minimum Gasteiger partial charge on any atom is -0.456 e. The van der Waals surface area contributed by atoms with E-state index in [1.165, 1.54) is 50.1 Å². The van der Waals surface area contributed by atoms with Crippen LogP contribution in [0.1, 0.15) is 61.1 Å². The van der Waals surface area contributed by atoms with E-state index < -0.39 is 0 Å². The first-order valence-electron chi connectivity index (χ1n) is 20.3. The molecular formula is C56H47BrNO2-. The maximum absolute atomic E-state index is 6.05. The molecule has 0 fully saturated rings. The van der Waals surface area contributed by atoms with Crippen LogP contribution >= 0.6 is 15.9 Å². The molecule has 1 aliphatic carbocycles. The molecule has 0 unspecified atom stereocenters. The Morgan fingerprint density at radius 1 is 0.417 bits per heavy atom. The highest BCUT2D eigenvalue weighted by molar-refractivity contribution is 9.10. The van der Waals surface area contributed by atoms with Crippen molar-refractivity contribution in [3.05, 3.63) is 227 Å². The molecule has 3 heterocycles. The molecule has 0 saturated carbocycles. The topological polar surface area (TPSA) is 29.5 Å². The Balaban J connectivity index is 0.000000126. The molecule has 10 aromatic rings. The minimum absolute atomic E-state index is 0. The van der Waals surface area contributed by atoms with Gasteiger partial charge in [-0.2, -0.15) is 0 Å². The molecule has 0 saturated heterocycles. The average molecular weight is 846 g/mol. The van der Waals surface area contributed by atoms with Crippen LogP contribution in [0, 0.1) is 7.43 Å². The first-order chi connectivity index (χ1) is 28.7. The monoisotopic (exact) mass is 844 g/mol. The molecule has 0 spiro atoms. The van der Waals surface area contributed by atoms with Crippen molar-refractivity contribution >= 4 is 76.9 Å². The van der Waals surface area contributed by atoms with Gasteiger partial charge in [-0.1, -0.05) is 165 Å². The van der Waals surface area contributed by atoms with Crippen LogP contribution in [0.15, 0.2) is 195 Å². The normalized spacial score (nSPS) is 14.1. The van der Waals surface area contributed by atoms with Crippen LogP contribution < -0.4 is 4.90 Å². The number of furan rings is 2. The average Bonchev–Trinajstić information content (AvgIpc) is 3.82. The first kappa shape index (κ1) is 39.1. The number of halogens is 1. The Hall–Kier alpha value is -6.36. The second-order valence-corrected chi connectivity index (χ2v) is 17.5. The molecular weight excluding hydrogens is 799 g/mol. The van der Waals surface area contributed by atoms with E-state index in [9.17, 15) is 0 Å². The Morgan fingerprint density at radius 2 is 0.817 bits per heavy atom. The highest BCUT2D eigenvalue weighted by Gasteiger charge is 2.36. The molecule has 3 nitrogen and oxygen atoms in total. The van der Waals surface area contributed by atoms with Gasteiger partial charge < -0.3 is 21.2 Å². The zero-order valence-corrected chi connectivity index (χ0v) is 36.3. The van der Waals surface area contributed by atoms with Gasteiger partial charge in [0.1, 0.15) is 22.3 Å². The molecule has 60 heavy (non-hydrogen) atoms. The predicted molar refractivity (Wildman–Crippen MR) is 256 cm³/mol. The number of fused-ring (bicyclic) bond motifs is 10. The molecule has 0 amide bonds. The number of hydrogen-bond donors (Lipinski definition) is 0. The van der Waals surface area contributed by atoms with Crippen LogP contribution in [0.4, 0.5) is 17.1 Å². The van der Waals surface area contributed by atoms with Crippen molar-refractivity contribution in [2.75, 3.05) is 4.90 Å². The van der Waals surface area contributed by atoms with E-state index in [2.05, 4.69) is 188 Å². The number of benzene rings is 8. The summed E-state index contributed by atoms with van der Waals surface area (Å²) in [6, 6.07) is 64.0. The smallest absolute Gasteiger partial charge is 0.135 e. The SMILES string of the molecule is Brc1ccc2oc3ccccc3c2c1.CC1(C)c2ccccc2Cc2ccccc21.CC1(C)c2ccccc2N(c2ccc3oc4ccccc4c3c2)c2ccccc21.[CH3-]. The zero-order chi connectivity index (χ0) is 40.3. The van der Waals surface area contributed by atoms with Crippen molar-refractivity contribution in [3.8, 4) is 0 Å². The highest BCUT2D eigenvalue weighted by atomic mass is 79.9. The van der Waals surface area contributed by atoms with Crippen LogP contribution in [0.25, 0.3) is 43.9 Å². The number of hydrogen-bond acceptors (Lipinski definition) is 3. The molecule has 12 rings (SSSR count). The zero-order valence-electron chi connectivity index (χ0n) is 34.7. The van der Waals surface area contributed by atoms with Crippen LogP contribution in [0.3, 0.4) is 0 Å². The molecule has 0 bridgehead atoms. The Kier molecular flexibility index (Phi) is 10.0. The van der Waals surface area contributed by atoms with Gasteiger partial charge in [0.05, 0.1) is 11.4 Å². The van der Waals surface area contributed by atoms with E-state index >= 15 is 0 Å². The quantitative estimate of drug-likeness (QED) is 0.154. The van der Waals surface area contributed by atoms with Gasteiger partial charge >= 0.3 is 0 Å². The largest absolute Gasteiger partial charge is 0.456 e. The van der Waals surface area contributed by atoms with Gasteiger partial charge in [0.15, 0.2) is 0 Å². The third kappa shape index (κ3) is 6.60. The number of anilines is 3. The molecule has 2 aromatic heterocycles. The molecule has 4 heteroatoms. The second-order valence-electron chi connectivity index (χ2n) is 16.6. The van der Waals surface area contributed by atoms with Crippen molar-refractivity contribution in [2.24, 2.45) is 0 Å². The molecule has 1 aliphatic heterocycles. The molecule has 0 radical (unpaired) electrons. The van der Waals surface area contributed by atoms with Crippen LogP contribution in [0.5, 0.6) is 0 Å². The summed E-state index contributed by atoms with van der Waals surface area (Å²) in [5.41, 5.74) is 16.1. The van der Waals surface area contributed by atoms with Crippen molar-refractivity contribution in [2.45, 2.75) is 44.9 Å². The van der Waals surface area contributed by atoms with Gasteiger partial charge in [0.25, 0.3) is 0 Å². The lowest BCUT2D eigenvalue weighted by molar-refractivity contribution is 0.610. The van der Waals surface area contributed by atoms with E-state index in [0.717, 1.165) is 55.1 Å². The maximum atomic E-state index is 6.05. The fourth-order valence-corrected chi connectivity index (χ4v) is 9.78. The molecule has 0 atom stereocenters.